The molecule has 3 heteroatoms. The van der Waals surface area contributed by atoms with Crippen LogP contribution in [0, 0.1) is 0 Å². The maximum atomic E-state index is 11.3. The molecular weight excluding hydrogens is 248 g/mol. The van der Waals surface area contributed by atoms with Gasteiger partial charge in [-0.05, 0) is 30.7 Å². The summed E-state index contributed by atoms with van der Waals surface area (Å²) in [7, 11) is 0. The summed E-state index contributed by atoms with van der Waals surface area (Å²) in [6.07, 6.45) is 1.92. The van der Waals surface area contributed by atoms with E-state index in [1.165, 1.54) is 5.69 Å². The van der Waals surface area contributed by atoms with Crippen LogP contribution in [-0.4, -0.2) is 25.5 Å². The van der Waals surface area contributed by atoms with Gasteiger partial charge in [0.15, 0.2) is 0 Å². The largest absolute Gasteiger partial charge is 0.354 e. The maximum Gasteiger partial charge on any atom is 0.142 e. The monoisotopic (exact) mass is 266 g/mol. The maximum absolute atomic E-state index is 11.3. The van der Waals surface area contributed by atoms with Gasteiger partial charge >= 0.3 is 0 Å². The molecule has 0 aliphatic carbocycles. The highest BCUT2D eigenvalue weighted by atomic mass is 16.1. The first kappa shape index (κ1) is 12.7. The fraction of sp³-hybridized carbons (Fsp3) is 0.235. The van der Waals surface area contributed by atoms with Crippen molar-refractivity contribution >= 4 is 17.7 Å². The molecule has 2 aromatic carbocycles. The summed E-state index contributed by atoms with van der Waals surface area (Å²) in [5, 5.41) is 0. The molecule has 0 amide bonds. The van der Waals surface area contributed by atoms with Crippen molar-refractivity contribution in [1.82, 2.24) is 0 Å². The van der Waals surface area contributed by atoms with Crippen LogP contribution in [0.5, 0.6) is 0 Å². The van der Waals surface area contributed by atoms with Crippen LogP contribution in [0.1, 0.15) is 6.42 Å². The minimum atomic E-state index is -0.0302. The number of hydrogen-bond acceptors (Lipinski definition) is 3. The highest BCUT2D eigenvalue weighted by Crippen LogP contribution is 2.25. The number of para-hydroxylation sites is 2. The van der Waals surface area contributed by atoms with Crippen LogP contribution in [0.2, 0.25) is 0 Å². The van der Waals surface area contributed by atoms with E-state index in [0.29, 0.717) is 0 Å². The summed E-state index contributed by atoms with van der Waals surface area (Å²) in [4.78, 5) is 15.8. The number of rotatable bonds is 3. The summed E-state index contributed by atoms with van der Waals surface area (Å²) < 4.78 is 0. The van der Waals surface area contributed by atoms with Crippen molar-refractivity contribution in [2.45, 2.75) is 12.5 Å². The lowest BCUT2D eigenvalue weighted by molar-refractivity contribution is -0.109. The second-order valence-electron chi connectivity index (χ2n) is 5.04. The zero-order chi connectivity index (χ0) is 13.8. The summed E-state index contributed by atoms with van der Waals surface area (Å²) in [5.74, 6) is 0. The van der Waals surface area contributed by atoms with Crippen LogP contribution in [0.15, 0.2) is 60.7 Å². The number of benzene rings is 2. The Balaban J connectivity index is 1.85. The molecule has 1 unspecified atom stereocenters. The molecule has 0 aromatic heterocycles. The Hall–Kier alpha value is -2.29. The Kier molecular flexibility index (Phi) is 3.68. The molecular formula is C17H18N2O. The summed E-state index contributed by atoms with van der Waals surface area (Å²) in [6.45, 7) is 1.66. The average Bonchev–Trinajstić information content (AvgIpc) is 2.56. The Morgan fingerprint density at radius 1 is 0.900 bits per heavy atom. The van der Waals surface area contributed by atoms with E-state index in [-0.39, 0.29) is 6.04 Å². The van der Waals surface area contributed by atoms with Crippen molar-refractivity contribution in [3.8, 4) is 0 Å². The topological polar surface area (TPSA) is 23.6 Å². The third-order valence-electron chi connectivity index (χ3n) is 3.78. The van der Waals surface area contributed by atoms with Crippen molar-refractivity contribution in [2.24, 2.45) is 0 Å². The van der Waals surface area contributed by atoms with Gasteiger partial charge in [-0.2, -0.15) is 0 Å². The smallest absolute Gasteiger partial charge is 0.142 e. The molecule has 0 N–H and O–H groups in total. The van der Waals surface area contributed by atoms with Crippen molar-refractivity contribution in [2.75, 3.05) is 23.0 Å². The van der Waals surface area contributed by atoms with E-state index >= 15 is 0 Å². The lowest BCUT2D eigenvalue weighted by Crippen LogP contribution is -2.51. The quantitative estimate of drug-likeness (QED) is 0.798. The molecule has 102 valence electrons. The second kappa shape index (κ2) is 5.78. The van der Waals surface area contributed by atoms with Crippen molar-refractivity contribution in [3.63, 3.8) is 0 Å². The highest BCUT2D eigenvalue weighted by molar-refractivity contribution is 5.68. The number of nitrogens with zero attached hydrogens (tertiary/aromatic N) is 2. The number of carbonyl (C=O) groups is 1. The predicted octanol–water partition coefficient (Wildman–Crippen LogP) is 2.93. The van der Waals surface area contributed by atoms with Gasteiger partial charge in [-0.15, -0.1) is 0 Å². The SMILES string of the molecule is O=CC1CCN(c2ccccc2)CN1c1ccccc1. The van der Waals surface area contributed by atoms with E-state index in [0.717, 1.165) is 31.6 Å². The van der Waals surface area contributed by atoms with Crippen LogP contribution >= 0.6 is 0 Å². The molecule has 1 fully saturated rings. The molecule has 0 spiro atoms. The van der Waals surface area contributed by atoms with Crippen LogP contribution in [0.4, 0.5) is 11.4 Å². The van der Waals surface area contributed by atoms with Gasteiger partial charge < -0.3 is 14.6 Å². The van der Waals surface area contributed by atoms with E-state index in [2.05, 4.69) is 34.1 Å². The van der Waals surface area contributed by atoms with E-state index in [9.17, 15) is 4.79 Å². The van der Waals surface area contributed by atoms with Crippen molar-refractivity contribution < 1.29 is 4.79 Å². The van der Waals surface area contributed by atoms with Gasteiger partial charge in [-0.1, -0.05) is 36.4 Å². The second-order valence-corrected chi connectivity index (χ2v) is 5.04. The zero-order valence-corrected chi connectivity index (χ0v) is 11.4. The Morgan fingerprint density at radius 2 is 1.50 bits per heavy atom. The van der Waals surface area contributed by atoms with Crippen LogP contribution in [0.3, 0.4) is 0 Å². The van der Waals surface area contributed by atoms with E-state index in [4.69, 9.17) is 0 Å². The van der Waals surface area contributed by atoms with Crippen LogP contribution < -0.4 is 9.80 Å². The van der Waals surface area contributed by atoms with Gasteiger partial charge in [-0.25, -0.2) is 0 Å². The van der Waals surface area contributed by atoms with Crippen molar-refractivity contribution in [3.05, 3.63) is 60.7 Å². The van der Waals surface area contributed by atoms with Gasteiger partial charge in [0.2, 0.25) is 0 Å². The number of hydrogen-bond donors (Lipinski definition) is 0. The molecule has 20 heavy (non-hydrogen) atoms. The van der Waals surface area contributed by atoms with Gasteiger partial charge in [0.05, 0.1) is 12.7 Å². The molecule has 1 atom stereocenters. The van der Waals surface area contributed by atoms with Gasteiger partial charge in [0.1, 0.15) is 6.29 Å². The fourth-order valence-corrected chi connectivity index (χ4v) is 2.69. The first-order chi connectivity index (χ1) is 9.88. The third-order valence-corrected chi connectivity index (χ3v) is 3.78. The normalized spacial score (nSPS) is 18.9. The first-order valence-electron chi connectivity index (χ1n) is 6.95. The lowest BCUT2D eigenvalue weighted by atomic mass is 10.1. The highest BCUT2D eigenvalue weighted by Gasteiger charge is 2.26. The minimum absolute atomic E-state index is 0.0302. The molecule has 0 bridgehead atoms. The Labute approximate surface area is 119 Å². The van der Waals surface area contributed by atoms with Crippen molar-refractivity contribution in [1.29, 1.82) is 0 Å². The zero-order valence-electron chi connectivity index (χ0n) is 11.4. The predicted molar refractivity (Wildman–Crippen MR) is 82.0 cm³/mol. The molecule has 2 aromatic rings. The standard InChI is InChI=1S/C17H18N2O/c20-13-17-11-12-18(15-7-3-1-4-8-15)14-19(17)16-9-5-2-6-10-16/h1-10,13,17H,11-12,14H2. The molecule has 0 radical (unpaired) electrons. The average molecular weight is 266 g/mol. The molecule has 0 saturated carbocycles. The Bertz CT molecular complexity index is 556. The number of anilines is 2. The summed E-state index contributed by atoms with van der Waals surface area (Å²) in [5.41, 5.74) is 2.31. The van der Waals surface area contributed by atoms with Gasteiger partial charge in [0.25, 0.3) is 0 Å². The fourth-order valence-electron chi connectivity index (χ4n) is 2.69. The number of carbonyl (C=O) groups excluding carboxylic acids is 1. The molecule has 1 heterocycles. The molecule has 1 saturated heterocycles. The van der Waals surface area contributed by atoms with Crippen LogP contribution in [-0.2, 0) is 4.79 Å². The van der Waals surface area contributed by atoms with E-state index in [1.807, 2.05) is 36.4 Å². The van der Waals surface area contributed by atoms with Gasteiger partial charge in [-0.3, -0.25) is 0 Å². The molecule has 1 aliphatic heterocycles. The third kappa shape index (κ3) is 2.52. The minimum Gasteiger partial charge on any atom is -0.354 e. The molecule has 3 nitrogen and oxygen atoms in total. The molecule has 1 aliphatic rings. The molecule has 3 rings (SSSR count). The van der Waals surface area contributed by atoms with Crippen LogP contribution in [0.25, 0.3) is 0 Å². The number of aldehydes is 1. The Morgan fingerprint density at radius 3 is 2.10 bits per heavy atom. The first-order valence-corrected chi connectivity index (χ1v) is 6.95. The summed E-state index contributed by atoms with van der Waals surface area (Å²) >= 11 is 0. The lowest BCUT2D eigenvalue weighted by Gasteiger charge is -2.42. The van der Waals surface area contributed by atoms with Gasteiger partial charge in [0, 0.05) is 17.9 Å². The van der Waals surface area contributed by atoms with E-state index < -0.39 is 0 Å². The van der Waals surface area contributed by atoms with E-state index in [1.54, 1.807) is 0 Å². The summed E-state index contributed by atoms with van der Waals surface area (Å²) in [6, 6.07) is 20.5.